The lowest BCUT2D eigenvalue weighted by Gasteiger charge is -2.01. The zero-order valence-corrected chi connectivity index (χ0v) is 11.8. The first-order chi connectivity index (χ1) is 9.24. The van der Waals surface area contributed by atoms with Crippen molar-refractivity contribution >= 4 is 27.9 Å². The van der Waals surface area contributed by atoms with Crippen LogP contribution in [0.3, 0.4) is 0 Å². The van der Waals surface area contributed by atoms with Gasteiger partial charge in [-0.3, -0.25) is 9.78 Å². The molecule has 0 atom stereocenters. The number of carbonyl (C=O) groups is 1. The third-order valence-electron chi connectivity index (χ3n) is 2.47. The number of pyridine rings is 1. The third kappa shape index (κ3) is 4.67. The highest BCUT2D eigenvalue weighted by atomic mass is 79.9. The highest BCUT2D eigenvalue weighted by Crippen LogP contribution is 2.11. The maximum atomic E-state index is 11.6. The maximum absolute atomic E-state index is 11.6. The summed E-state index contributed by atoms with van der Waals surface area (Å²) in [4.78, 5) is 15.8. The Bertz CT molecular complexity index is 564. The Hall–Kier alpha value is -1.94. The first-order valence-corrected chi connectivity index (χ1v) is 6.65. The molecule has 0 aliphatic carbocycles. The summed E-state index contributed by atoms with van der Waals surface area (Å²) in [5, 5.41) is 2.78. The normalized spacial score (nSPS) is 10.6. The van der Waals surface area contributed by atoms with E-state index in [1.165, 1.54) is 6.08 Å². The number of halogens is 1. The summed E-state index contributed by atoms with van der Waals surface area (Å²) >= 11 is 3.37. The Balaban J connectivity index is 1.86. The van der Waals surface area contributed by atoms with E-state index in [0.29, 0.717) is 6.54 Å². The van der Waals surface area contributed by atoms with E-state index in [4.69, 9.17) is 0 Å². The van der Waals surface area contributed by atoms with E-state index in [1.807, 2.05) is 42.5 Å². The first kappa shape index (κ1) is 13.5. The highest BCUT2D eigenvalue weighted by Gasteiger charge is 1.97. The monoisotopic (exact) mass is 316 g/mol. The molecule has 1 N–H and O–H groups in total. The molecule has 96 valence electrons. The lowest BCUT2D eigenvalue weighted by atomic mass is 10.2. The second-order valence-corrected chi connectivity index (χ2v) is 4.84. The van der Waals surface area contributed by atoms with Crippen molar-refractivity contribution in [3.63, 3.8) is 0 Å². The fourth-order valence-corrected chi connectivity index (χ4v) is 1.75. The number of hydrogen-bond acceptors (Lipinski definition) is 2. The van der Waals surface area contributed by atoms with Gasteiger partial charge in [-0.2, -0.15) is 0 Å². The van der Waals surface area contributed by atoms with Crippen LogP contribution in [0.15, 0.2) is 59.2 Å². The standard InChI is InChI=1S/C15H13BrN2O/c16-13-7-4-12(5-8-13)6-9-15(19)18-11-14-3-1-2-10-17-14/h1-10H,11H2,(H,18,19). The molecule has 0 fully saturated rings. The largest absolute Gasteiger partial charge is 0.347 e. The van der Waals surface area contributed by atoms with E-state index >= 15 is 0 Å². The second kappa shape index (κ2) is 6.85. The van der Waals surface area contributed by atoms with E-state index in [-0.39, 0.29) is 5.91 Å². The molecule has 2 aromatic rings. The molecule has 0 radical (unpaired) electrons. The third-order valence-corrected chi connectivity index (χ3v) is 3.00. The minimum atomic E-state index is -0.131. The van der Waals surface area contributed by atoms with Gasteiger partial charge in [-0.15, -0.1) is 0 Å². The minimum absolute atomic E-state index is 0.131. The van der Waals surface area contributed by atoms with Crippen LogP contribution in [0.4, 0.5) is 0 Å². The Kier molecular flexibility index (Phi) is 4.86. The van der Waals surface area contributed by atoms with Gasteiger partial charge in [0, 0.05) is 16.7 Å². The van der Waals surface area contributed by atoms with Gasteiger partial charge in [-0.05, 0) is 35.9 Å². The molecule has 1 heterocycles. The smallest absolute Gasteiger partial charge is 0.244 e. The SMILES string of the molecule is O=C(C=Cc1ccc(Br)cc1)NCc1ccccn1. The lowest BCUT2D eigenvalue weighted by Crippen LogP contribution is -2.20. The van der Waals surface area contributed by atoms with Crippen molar-refractivity contribution in [2.24, 2.45) is 0 Å². The van der Waals surface area contributed by atoms with Gasteiger partial charge < -0.3 is 5.32 Å². The van der Waals surface area contributed by atoms with E-state index in [9.17, 15) is 4.79 Å². The molecule has 1 aromatic heterocycles. The predicted molar refractivity (Wildman–Crippen MR) is 79.3 cm³/mol. The van der Waals surface area contributed by atoms with Crippen molar-refractivity contribution in [3.8, 4) is 0 Å². The van der Waals surface area contributed by atoms with Gasteiger partial charge >= 0.3 is 0 Å². The Morgan fingerprint density at radius 1 is 1.21 bits per heavy atom. The number of amides is 1. The molecular weight excluding hydrogens is 304 g/mol. The number of aromatic nitrogens is 1. The van der Waals surface area contributed by atoms with Crippen molar-refractivity contribution in [1.82, 2.24) is 10.3 Å². The average molecular weight is 317 g/mol. The molecule has 0 aliphatic rings. The van der Waals surface area contributed by atoms with Crippen LogP contribution in [-0.4, -0.2) is 10.9 Å². The molecule has 4 heteroatoms. The molecule has 0 aliphatic heterocycles. The van der Waals surface area contributed by atoms with Crippen molar-refractivity contribution < 1.29 is 4.79 Å². The van der Waals surface area contributed by atoms with E-state index in [1.54, 1.807) is 12.3 Å². The van der Waals surface area contributed by atoms with Crippen molar-refractivity contribution in [2.45, 2.75) is 6.54 Å². The molecule has 1 aromatic carbocycles. The van der Waals surface area contributed by atoms with Crippen molar-refractivity contribution in [3.05, 3.63) is 70.5 Å². The summed E-state index contributed by atoms with van der Waals surface area (Å²) in [6.07, 6.45) is 5.01. The fraction of sp³-hybridized carbons (Fsp3) is 0.0667. The number of nitrogens with zero attached hydrogens (tertiary/aromatic N) is 1. The summed E-state index contributed by atoms with van der Waals surface area (Å²) in [5.74, 6) is -0.131. The van der Waals surface area contributed by atoms with Crippen LogP contribution < -0.4 is 5.32 Å². The summed E-state index contributed by atoms with van der Waals surface area (Å²) < 4.78 is 1.02. The highest BCUT2D eigenvalue weighted by molar-refractivity contribution is 9.10. The molecule has 0 bridgehead atoms. The number of benzene rings is 1. The van der Waals surface area contributed by atoms with E-state index in [2.05, 4.69) is 26.2 Å². The number of hydrogen-bond donors (Lipinski definition) is 1. The average Bonchev–Trinajstić information content (AvgIpc) is 2.45. The number of carbonyl (C=O) groups excluding carboxylic acids is 1. The van der Waals surface area contributed by atoms with Crippen LogP contribution >= 0.6 is 15.9 Å². The predicted octanol–water partition coefficient (Wildman–Crippen LogP) is 3.17. The molecule has 1 amide bonds. The lowest BCUT2D eigenvalue weighted by molar-refractivity contribution is -0.116. The molecule has 3 nitrogen and oxygen atoms in total. The van der Waals surface area contributed by atoms with Crippen molar-refractivity contribution in [1.29, 1.82) is 0 Å². The number of rotatable bonds is 4. The number of nitrogens with one attached hydrogen (secondary N) is 1. The first-order valence-electron chi connectivity index (χ1n) is 5.85. The minimum Gasteiger partial charge on any atom is -0.347 e. The molecular formula is C15H13BrN2O. The van der Waals surface area contributed by atoms with Crippen LogP contribution in [0.2, 0.25) is 0 Å². The molecule has 19 heavy (non-hydrogen) atoms. The molecule has 2 rings (SSSR count). The van der Waals surface area contributed by atoms with Gasteiger partial charge in [0.2, 0.25) is 5.91 Å². The summed E-state index contributed by atoms with van der Waals surface area (Å²) in [6, 6.07) is 13.4. The molecule has 0 saturated heterocycles. The van der Waals surface area contributed by atoms with Crippen LogP contribution in [0, 0.1) is 0 Å². The van der Waals surface area contributed by atoms with Crippen LogP contribution in [-0.2, 0) is 11.3 Å². The maximum Gasteiger partial charge on any atom is 0.244 e. The molecule has 0 saturated carbocycles. The Morgan fingerprint density at radius 3 is 2.68 bits per heavy atom. The topological polar surface area (TPSA) is 42.0 Å². The van der Waals surface area contributed by atoms with Crippen LogP contribution in [0.1, 0.15) is 11.3 Å². The molecule has 0 unspecified atom stereocenters. The van der Waals surface area contributed by atoms with Crippen LogP contribution in [0.25, 0.3) is 6.08 Å². The zero-order valence-electron chi connectivity index (χ0n) is 10.2. The quantitative estimate of drug-likeness (QED) is 0.880. The van der Waals surface area contributed by atoms with Gasteiger partial charge in [0.05, 0.1) is 12.2 Å². The van der Waals surface area contributed by atoms with Gasteiger partial charge in [0.1, 0.15) is 0 Å². The van der Waals surface area contributed by atoms with Gasteiger partial charge in [0.15, 0.2) is 0 Å². The van der Waals surface area contributed by atoms with Crippen molar-refractivity contribution in [2.75, 3.05) is 0 Å². The van der Waals surface area contributed by atoms with Gasteiger partial charge in [0.25, 0.3) is 0 Å². The van der Waals surface area contributed by atoms with Crippen LogP contribution in [0.5, 0.6) is 0 Å². The van der Waals surface area contributed by atoms with Gasteiger partial charge in [-0.25, -0.2) is 0 Å². The van der Waals surface area contributed by atoms with Gasteiger partial charge in [-0.1, -0.05) is 34.1 Å². The van der Waals surface area contributed by atoms with E-state index in [0.717, 1.165) is 15.7 Å². The Labute approximate surface area is 120 Å². The summed E-state index contributed by atoms with van der Waals surface area (Å²) in [6.45, 7) is 0.435. The zero-order chi connectivity index (χ0) is 13.5. The second-order valence-electron chi connectivity index (χ2n) is 3.92. The Morgan fingerprint density at radius 2 is 2.00 bits per heavy atom. The van der Waals surface area contributed by atoms with E-state index < -0.39 is 0 Å². The summed E-state index contributed by atoms with van der Waals surface area (Å²) in [5.41, 5.74) is 1.82. The summed E-state index contributed by atoms with van der Waals surface area (Å²) in [7, 11) is 0. The fourth-order valence-electron chi connectivity index (χ4n) is 1.49. The molecule has 0 spiro atoms.